The van der Waals surface area contributed by atoms with Gasteiger partial charge in [-0.15, -0.1) is 0 Å². The van der Waals surface area contributed by atoms with Crippen molar-refractivity contribution in [3.05, 3.63) is 28.5 Å². The molecule has 0 saturated carbocycles. The van der Waals surface area contributed by atoms with Crippen molar-refractivity contribution < 1.29 is 9.13 Å². The van der Waals surface area contributed by atoms with Gasteiger partial charge in [0.1, 0.15) is 5.82 Å². The Morgan fingerprint density at radius 3 is 2.93 bits per heavy atom. The molecule has 2 unspecified atom stereocenters. The van der Waals surface area contributed by atoms with Crippen molar-refractivity contribution in [1.29, 1.82) is 0 Å². The third kappa shape index (κ3) is 2.49. The Hall–Kier alpha value is -0.610. The molecule has 0 aromatic heterocycles. The number of halogens is 2. The summed E-state index contributed by atoms with van der Waals surface area (Å²) >= 11 is 3.16. The van der Waals surface area contributed by atoms with Crippen molar-refractivity contribution >= 4 is 21.6 Å². The third-order valence-electron chi connectivity index (χ3n) is 2.65. The van der Waals surface area contributed by atoms with Crippen LogP contribution >= 0.6 is 15.9 Å². The van der Waals surface area contributed by atoms with Crippen LogP contribution in [-0.2, 0) is 4.74 Å². The zero-order valence-electron chi connectivity index (χ0n) is 8.47. The van der Waals surface area contributed by atoms with Crippen LogP contribution in [0.4, 0.5) is 10.1 Å². The second kappa shape index (κ2) is 4.49. The quantitative estimate of drug-likeness (QED) is 0.894. The van der Waals surface area contributed by atoms with E-state index < -0.39 is 0 Å². The summed E-state index contributed by atoms with van der Waals surface area (Å²) in [6.45, 7) is 2.84. The summed E-state index contributed by atoms with van der Waals surface area (Å²) in [7, 11) is 0. The van der Waals surface area contributed by atoms with E-state index in [4.69, 9.17) is 4.74 Å². The van der Waals surface area contributed by atoms with Crippen molar-refractivity contribution in [3.8, 4) is 0 Å². The summed E-state index contributed by atoms with van der Waals surface area (Å²) in [5.74, 6) is -0.240. The van der Waals surface area contributed by atoms with Crippen LogP contribution in [0.5, 0.6) is 0 Å². The second-order valence-corrected chi connectivity index (χ2v) is 4.60. The molecule has 4 heteroatoms. The lowest BCUT2D eigenvalue weighted by Crippen LogP contribution is -2.26. The van der Waals surface area contributed by atoms with Gasteiger partial charge in [0.15, 0.2) is 0 Å². The molecule has 1 aromatic rings. The summed E-state index contributed by atoms with van der Waals surface area (Å²) in [6.07, 6.45) is 1.21. The van der Waals surface area contributed by atoms with Gasteiger partial charge in [0, 0.05) is 12.3 Å². The molecule has 0 spiro atoms. The summed E-state index contributed by atoms with van der Waals surface area (Å²) < 4.78 is 18.9. The van der Waals surface area contributed by atoms with Crippen LogP contribution in [0.25, 0.3) is 0 Å². The predicted octanol–water partition coefficient (Wildman–Crippen LogP) is 3.18. The number of anilines is 1. The number of rotatable bonds is 2. The topological polar surface area (TPSA) is 21.3 Å². The van der Waals surface area contributed by atoms with Gasteiger partial charge in [0.25, 0.3) is 0 Å². The molecule has 0 radical (unpaired) electrons. The van der Waals surface area contributed by atoms with Gasteiger partial charge < -0.3 is 10.1 Å². The fraction of sp³-hybridized carbons (Fsp3) is 0.455. The van der Waals surface area contributed by atoms with Gasteiger partial charge >= 0.3 is 0 Å². The minimum absolute atomic E-state index is 0.217. The van der Waals surface area contributed by atoms with E-state index in [0.29, 0.717) is 10.5 Å². The summed E-state index contributed by atoms with van der Waals surface area (Å²) in [4.78, 5) is 0. The highest BCUT2D eigenvalue weighted by molar-refractivity contribution is 9.10. The van der Waals surface area contributed by atoms with E-state index in [1.165, 1.54) is 6.07 Å². The molecule has 0 bridgehead atoms. The molecular weight excluding hydrogens is 261 g/mol. The van der Waals surface area contributed by atoms with E-state index in [1.807, 2.05) is 6.92 Å². The van der Waals surface area contributed by atoms with E-state index in [0.717, 1.165) is 18.7 Å². The number of ether oxygens (including phenoxy) is 1. The Bertz CT molecular complexity index is 358. The standard InChI is InChI=1S/C11H13BrFNO/c1-7-11(4-5-15-7)14-8-2-3-10(13)9(12)6-8/h2-3,6-7,11,14H,4-5H2,1H3. The first kappa shape index (κ1) is 10.9. The molecular formula is C11H13BrFNO. The Morgan fingerprint density at radius 2 is 2.33 bits per heavy atom. The van der Waals surface area contributed by atoms with Crippen molar-refractivity contribution in [1.82, 2.24) is 0 Å². The van der Waals surface area contributed by atoms with Crippen LogP contribution in [0.15, 0.2) is 22.7 Å². The molecule has 82 valence electrons. The molecule has 1 saturated heterocycles. The maximum absolute atomic E-state index is 13.0. The molecule has 2 atom stereocenters. The van der Waals surface area contributed by atoms with Gasteiger partial charge in [0.2, 0.25) is 0 Å². The molecule has 1 N–H and O–H groups in total. The SMILES string of the molecule is CC1OCCC1Nc1ccc(F)c(Br)c1. The van der Waals surface area contributed by atoms with Gasteiger partial charge in [0.05, 0.1) is 16.6 Å². The molecule has 0 aliphatic carbocycles. The van der Waals surface area contributed by atoms with Crippen molar-refractivity contribution in [3.63, 3.8) is 0 Å². The lowest BCUT2D eigenvalue weighted by molar-refractivity contribution is 0.121. The molecule has 2 rings (SSSR count). The predicted molar refractivity (Wildman–Crippen MR) is 61.5 cm³/mol. The van der Waals surface area contributed by atoms with Crippen LogP contribution < -0.4 is 5.32 Å². The first-order valence-electron chi connectivity index (χ1n) is 5.00. The fourth-order valence-electron chi connectivity index (χ4n) is 1.72. The Labute approximate surface area is 96.9 Å². The normalized spacial score (nSPS) is 25.5. The van der Waals surface area contributed by atoms with Gasteiger partial charge in [-0.1, -0.05) is 0 Å². The molecule has 15 heavy (non-hydrogen) atoms. The number of benzene rings is 1. The highest BCUT2D eigenvalue weighted by atomic mass is 79.9. The Kier molecular flexibility index (Phi) is 3.26. The Morgan fingerprint density at radius 1 is 1.53 bits per heavy atom. The fourth-order valence-corrected chi connectivity index (χ4v) is 2.10. The minimum atomic E-state index is -0.240. The third-order valence-corrected chi connectivity index (χ3v) is 3.26. The largest absolute Gasteiger partial charge is 0.380 e. The summed E-state index contributed by atoms with van der Waals surface area (Å²) in [5.41, 5.74) is 0.922. The molecule has 2 nitrogen and oxygen atoms in total. The number of hydrogen-bond acceptors (Lipinski definition) is 2. The summed E-state index contributed by atoms with van der Waals surface area (Å²) in [6, 6.07) is 5.26. The second-order valence-electron chi connectivity index (χ2n) is 3.74. The summed E-state index contributed by atoms with van der Waals surface area (Å²) in [5, 5.41) is 3.34. The first-order chi connectivity index (χ1) is 7.16. The average molecular weight is 274 g/mol. The maximum Gasteiger partial charge on any atom is 0.137 e. The molecule has 1 aliphatic heterocycles. The van der Waals surface area contributed by atoms with Gasteiger partial charge in [-0.25, -0.2) is 4.39 Å². The van der Waals surface area contributed by atoms with Crippen LogP contribution in [0.2, 0.25) is 0 Å². The van der Waals surface area contributed by atoms with Crippen molar-refractivity contribution in [2.45, 2.75) is 25.5 Å². The van der Waals surface area contributed by atoms with E-state index >= 15 is 0 Å². The Balaban J connectivity index is 2.07. The van der Waals surface area contributed by atoms with Gasteiger partial charge in [-0.3, -0.25) is 0 Å². The lowest BCUT2D eigenvalue weighted by atomic mass is 10.1. The highest BCUT2D eigenvalue weighted by Gasteiger charge is 2.23. The first-order valence-corrected chi connectivity index (χ1v) is 5.79. The number of nitrogens with one attached hydrogen (secondary N) is 1. The van der Waals surface area contributed by atoms with Crippen molar-refractivity contribution in [2.24, 2.45) is 0 Å². The smallest absolute Gasteiger partial charge is 0.137 e. The monoisotopic (exact) mass is 273 g/mol. The van der Waals surface area contributed by atoms with Crippen LogP contribution in [0, 0.1) is 5.82 Å². The zero-order valence-corrected chi connectivity index (χ0v) is 10.1. The highest BCUT2D eigenvalue weighted by Crippen LogP contribution is 2.23. The number of hydrogen-bond donors (Lipinski definition) is 1. The average Bonchev–Trinajstić information content (AvgIpc) is 2.59. The zero-order chi connectivity index (χ0) is 10.8. The van der Waals surface area contributed by atoms with E-state index in [9.17, 15) is 4.39 Å². The minimum Gasteiger partial charge on any atom is -0.380 e. The molecule has 0 amide bonds. The lowest BCUT2D eigenvalue weighted by Gasteiger charge is -2.17. The van der Waals surface area contributed by atoms with Crippen LogP contribution in [0.1, 0.15) is 13.3 Å². The van der Waals surface area contributed by atoms with Crippen LogP contribution in [0.3, 0.4) is 0 Å². The van der Waals surface area contributed by atoms with Gasteiger partial charge in [-0.05, 0) is 47.5 Å². The maximum atomic E-state index is 13.0. The van der Waals surface area contributed by atoms with E-state index in [-0.39, 0.29) is 11.9 Å². The van der Waals surface area contributed by atoms with E-state index in [2.05, 4.69) is 21.2 Å². The van der Waals surface area contributed by atoms with E-state index in [1.54, 1.807) is 12.1 Å². The molecule has 1 fully saturated rings. The van der Waals surface area contributed by atoms with Crippen molar-refractivity contribution in [2.75, 3.05) is 11.9 Å². The van der Waals surface area contributed by atoms with Crippen LogP contribution in [-0.4, -0.2) is 18.8 Å². The molecule has 1 heterocycles. The molecule has 1 aromatic carbocycles. The molecule has 1 aliphatic rings. The van der Waals surface area contributed by atoms with Gasteiger partial charge in [-0.2, -0.15) is 0 Å².